The van der Waals surface area contributed by atoms with Gasteiger partial charge in [0.2, 0.25) is 0 Å². The first kappa shape index (κ1) is 18.9. The van der Waals surface area contributed by atoms with Crippen molar-refractivity contribution >= 4 is 11.9 Å². The third kappa shape index (κ3) is 6.75. The Hall–Kier alpha value is -2.10. The number of aryl methyl sites for hydroxylation is 1. The van der Waals surface area contributed by atoms with Gasteiger partial charge in [0.1, 0.15) is 13.2 Å². The van der Waals surface area contributed by atoms with Crippen LogP contribution in [0.2, 0.25) is 0 Å². The maximum absolute atomic E-state index is 11.8. The molecule has 0 aliphatic carbocycles. The van der Waals surface area contributed by atoms with E-state index in [1.165, 1.54) is 0 Å². The molecule has 4 nitrogen and oxygen atoms in total. The van der Waals surface area contributed by atoms with E-state index in [0.29, 0.717) is 11.1 Å². The molecule has 0 N–H and O–H groups in total. The molecule has 0 fully saturated rings. The van der Waals surface area contributed by atoms with Crippen LogP contribution in [0.5, 0.6) is 0 Å². The number of hydrogen-bond donors (Lipinski definition) is 0. The molecule has 21 heavy (non-hydrogen) atoms. The second kappa shape index (κ2) is 10.7. The minimum absolute atomic E-state index is 0.0335. The van der Waals surface area contributed by atoms with E-state index in [4.69, 9.17) is 9.47 Å². The van der Waals surface area contributed by atoms with Crippen LogP contribution in [0, 0.1) is 0 Å². The quantitative estimate of drug-likeness (QED) is 0.457. The zero-order valence-electron chi connectivity index (χ0n) is 13.3. The molecule has 0 spiro atoms. The first-order chi connectivity index (χ1) is 10.1. The summed E-state index contributed by atoms with van der Waals surface area (Å²) in [4.78, 5) is 22.9. The Kier molecular flexibility index (Phi) is 9.59. The molecule has 1 aromatic carbocycles. The highest BCUT2D eigenvalue weighted by Gasteiger charge is 2.11. The Morgan fingerprint density at radius 2 is 1.67 bits per heavy atom. The van der Waals surface area contributed by atoms with E-state index in [2.05, 4.69) is 6.58 Å². The summed E-state index contributed by atoms with van der Waals surface area (Å²) in [6, 6.07) is 7.28. The fourth-order valence-electron chi connectivity index (χ4n) is 1.50. The van der Waals surface area contributed by atoms with E-state index in [-0.39, 0.29) is 13.2 Å². The smallest absolute Gasteiger partial charge is 0.338 e. The standard InChI is InChI=1S/C15H18O4.C2H6/c1-4-12-7-5-6-8-13(12)15(17)19-10-9-18-14(16)11(2)3;1-2/h5-8H,2,4,9-10H2,1,3H3;1-2H3. The predicted octanol–water partition coefficient (Wildman–Crippen LogP) is 3.55. The molecule has 0 aromatic heterocycles. The zero-order chi connectivity index (χ0) is 16.3. The Morgan fingerprint density at radius 3 is 2.24 bits per heavy atom. The summed E-state index contributed by atoms with van der Waals surface area (Å²) in [6.45, 7) is 11.1. The highest BCUT2D eigenvalue weighted by molar-refractivity contribution is 5.91. The summed E-state index contributed by atoms with van der Waals surface area (Å²) < 4.78 is 9.89. The van der Waals surface area contributed by atoms with Crippen LogP contribution in [0.3, 0.4) is 0 Å². The number of rotatable bonds is 6. The molecule has 0 saturated heterocycles. The van der Waals surface area contributed by atoms with Crippen molar-refractivity contribution in [3.63, 3.8) is 0 Å². The lowest BCUT2D eigenvalue weighted by Crippen LogP contribution is -2.15. The fraction of sp³-hybridized carbons (Fsp3) is 0.412. The summed E-state index contributed by atoms with van der Waals surface area (Å²) in [7, 11) is 0. The summed E-state index contributed by atoms with van der Waals surface area (Å²) in [5, 5.41) is 0. The third-order valence-corrected chi connectivity index (χ3v) is 2.52. The Bertz CT molecular complexity index is 477. The van der Waals surface area contributed by atoms with Gasteiger partial charge in [-0.2, -0.15) is 0 Å². The van der Waals surface area contributed by atoms with Crippen LogP contribution in [0.15, 0.2) is 36.4 Å². The van der Waals surface area contributed by atoms with Crippen LogP contribution >= 0.6 is 0 Å². The highest BCUT2D eigenvalue weighted by atomic mass is 16.6. The van der Waals surface area contributed by atoms with E-state index in [1.54, 1.807) is 19.1 Å². The zero-order valence-corrected chi connectivity index (χ0v) is 13.3. The normalized spacial score (nSPS) is 9.14. The van der Waals surface area contributed by atoms with Gasteiger partial charge >= 0.3 is 11.9 Å². The van der Waals surface area contributed by atoms with Crippen molar-refractivity contribution in [2.24, 2.45) is 0 Å². The van der Waals surface area contributed by atoms with Gasteiger partial charge in [0.15, 0.2) is 0 Å². The molecule has 0 heterocycles. The lowest BCUT2D eigenvalue weighted by Gasteiger charge is -2.08. The summed E-state index contributed by atoms with van der Waals surface area (Å²) in [5.41, 5.74) is 1.81. The lowest BCUT2D eigenvalue weighted by atomic mass is 10.1. The maximum Gasteiger partial charge on any atom is 0.338 e. The number of esters is 2. The predicted molar refractivity (Wildman–Crippen MR) is 83.2 cm³/mol. The summed E-state index contributed by atoms with van der Waals surface area (Å²) in [6.07, 6.45) is 0.760. The van der Waals surface area contributed by atoms with Crippen molar-refractivity contribution in [2.45, 2.75) is 34.1 Å². The highest BCUT2D eigenvalue weighted by Crippen LogP contribution is 2.10. The molecular formula is C17H24O4. The van der Waals surface area contributed by atoms with Crippen molar-refractivity contribution in [3.05, 3.63) is 47.5 Å². The minimum Gasteiger partial charge on any atom is -0.459 e. The van der Waals surface area contributed by atoms with Crippen molar-refractivity contribution < 1.29 is 19.1 Å². The van der Waals surface area contributed by atoms with E-state index in [9.17, 15) is 9.59 Å². The first-order valence-corrected chi connectivity index (χ1v) is 7.14. The number of carbonyl (C=O) groups is 2. The molecule has 0 aliphatic rings. The second-order valence-corrected chi connectivity index (χ2v) is 4.06. The van der Waals surface area contributed by atoms with Crippen LogP contribution in [0.1, 0.15) is 43.6 Å². The molecule has 0 saturated carbocycles. The second-order valence-electron chi connectivity index (χ2n) is 4.06. The van der Waals surface area contributed by atoms with Gasteiger partial charge in [-0.25, -0.2) is 9.59 Å². The lowest BCUT2D eigenvalue weighted by molar-refractivity contribution is -0.140. The fourth-order valence-corrected chi connectivity index (χ4v) is 1.50. The van der Waals surface area contributed by atoms with Crippen LogP contribution < -0.4 is 0 Å². The molecule has 0 bridgehead atoms. The van der Waals surface area contributed by atoms with Crippen molar-refractivity contribution in [1.29, 1.82) is 0 Å². The molecule has 0 aliphatic heterocycles. The van der Waals surface area contributed by atoms with Gasteiger partial charge in [0, 0.05) is 5.57 Å². The van der Waals surface area contributed by atoms with E-state index >= 15 is 0 Å². The van der Waals surface area contributed by atoms with Crippen molar-refractivity contribution in [3.8, 4) is 0 Å². The average molecular weight is 292 g/mol. The van der Waals surface area contributed by atoms with Gasteiger partial charge in [-0.15, -0.1) is 0 Å². The van der Waals surface area contributed by atoms with E-state index in [1.807, 2.05) is 32.9 Å². The van der Waals surface area contributed by atoms with Crippen LogP contribution in [0.4, 0.5) is 0 Å². The SMILES string of the molecule is C=C(C)C(=O)OCCOC(=O)c1ccccc1CC.CC. The third-order valence-electron chi connectivity index (χ3n) is 2.52. The maximum atomic E-state index is 11.8. The van der Waals surface area contributed by atoms with Gasteiger partial charge in [0.25, 0.3) is 0 Å². The molecule has 1 aromatic rings. The van der Waals surface area contributed by atoms with Gasteiger partial charge in [-0.1, -0.05) is 45.5 Å². The Labute approximate surface area is 126 Å². The number of benzene rings is 1. The minimum atomic E-state index is -0.481. The number of hydrogen-bond acceptors (Lipinski definition) is 4. The van der Waals surface area contributed by atoms with Gasteiger partial charge in [-0.05, 0) is 25.0 Å². The van der Waals surface area contributed by atoms with E-state index in [0.717, 1.165) is 12.0 Å². The van der Waals surface area contributed by atoms with Crippen LogP contribution in [0.25, 0.3) is 0 Å². The molecule has 0 radical (unpaired) electrons. The van der Waals surface area contributed by atoms with E-state index < -0.39 is 11.9 Å². The summed E-state index contributed by atoms with van der Waals surface area (Å²) >= 11 is 0. The molecule has 4 heteroatoms. The van der Waals surface area contributed by atoms with Crippen LogP contribution in [-0.4, -0.2) is 25.2 Å². The van der Waals surface area contributed by atoms with Gasteiger partial charge in [-0.3, -0.25) is 0 Å². The van der Waals surface area contributed by atoms with Crippen LogP contribution in [-0.2, 0) is 20.7 Å². The van der Waals surface area contributed by atoms with Gasteiger partial charge in [0.05, 0.1) is 5.56 Å². The topological polar surface area (TPSA) is 52.6 Å². The average Bonchev–Trinajstić information content (AvgIpc) is 2.52. The molecule has 0 atom stereocenters. The molecular weight excluding hydrogens is 268 g/mol. The number of ether oxygens (including phenoxy) is 2. The molecule has 0 unspecified atom stereocenters. The van der Waals surface area contributed by atoms with Crippen molar-refractivity contribution in [1.82, 2.24) is 0 Å². The molecule has 1 rings (SSSR count). The Morgan fingerprint density at radius 1 is 1.10 bits per heavy atom. The number of carbonyl (C=O) groups excluding carboxylic acids is 2. The van der Waals surface area contributed by atoms with Gasteiger partial charge < -0.3 is 9.47 Å². The molecule has 0 amide bonds. The summed E-state index contributed by atoms with van der Waals surface area (Å²) in [5.74, 6) is -0.881. The Balaban J connectivity index is 0.00000191. The van der Waals surface area contributed by atoms with Crippen molar-refractivity contribution in [2.75, 3.05) is 13.2 Å². The first-order valence-electron chi connectivity index (χ1n) is 7.14. The monoisotopic (exact) mass is 292 g/mol. The molecule has 116 valence electrons. The largest absolute Gasteiger partial charge is 0.459 e.